The number of amides is 2. The van der Waals surface area contributed by atoms with Gasteiger partial charge in [-0.2, -0.15) is 0 Å². The van der Waals surface area contributed by atoms with Gasteiger partial charge in [0, 0.05) is 35.1 Å². The van der Waals surface area contributed by atoms with E-state index in [9.17, 15) is 18.0 Å². The Labute approximate surface area is 203 Å². The Morgan fingerprint density at radius 3 is 2.55 bits per heavy atom. The molecule has 176 valence electrons. The molecule has 1 fully saturated rings. The molecule has 0 aliphatic carbocycles. The van der Waals surface area contributed by atoms with Gasteiger partial charge in [-0.15, -0.1) is 0 Å². The maximum atomic E-state index is 12.9. The fraction of sp³-hybridized carbons (Fsp3) is 0.304. The van der Waals surface area contributed by atoms with Gasteiger partial charge >= 0.3 is 0 Å². The molecule has 33 heavy (non-hydrogen) atoms. The third-order valence-electron chi connectivity index (χ3n) is 5.27. The van der Waals surface area contributed by atoms with Crippen molar-refractivity contribution in [1.29, 1.82) is 0 Å². The molecule has 1 unspecified atom stereocenters. The molecule has 1 aliphatic heterocycles. The number of rotatable bonds is 8. The van der Waals surface area contributed by atoms with Crippen molar-refractivity contribution in [3.05, 3.63) is 69.6 Å². The summed E-state index contributed by atoms with van der Waals surface area (Å²) in [5, 5.41) is 4.81. The number of sulfone groups is 1. The molecule has 0 bridgehead atoms. The molecule has 0 radical (unpaired) electrons. The van der Waals surface area contributed by atoms with Crippen LogP contribution in [0.15, 0.2) is 58.8 Å². The topological polar surface area (TPSA) is 92.8 Å². The minimum atomic E-state index is -3.56. The number of ether oxygens (including phenoxy) is 1. The molecule has 1 heterocycles. The zero-order valence-corrected chi connectivity index (χ0v) is 20.3. The van der Waals surface area contributed by atoms with E-state index in [4.69, 9.17) is 27.9 Å². The highest BCUT2D eigenvalue weighted by Gasteiger charge is 2.32. The second kappa shape index (κ2) is 11.0. The molecule has 0 aromatic heterocycles. The fourth-order valence-electron chi connectivity index (χ4n) is 3.50. The van der Waals surface area contributed by atoms with Crippen LogP contribution in [-0.2, 0) is 14.6 Å². The van der Waals surface area contributed by atoms with Gasteiger partial charge in [-0.25, -0.2) is 8.42 Å². The van der Waals surface area contributed by atoms with Crippen LogP contribution < -0.4 is 10.1 Å². The number of carbonyl (C=O) groups excluding carboxylic acids is 2. The highest BCUT2D eigenvalue weighted by atomic mass is 35.5. The van der Waals surface area contributed by atoms with Crippen molar-refractivity contribution >= 4 is 44.9 Å². The van der Waals surface area contributed by atoms with E-state index < -0.39 is 9.84 Å². The molecule has 3 rings (SSSR count). The molecule has 2 aromatic carbocycles. The summed E-state index contributed by atoms with van der Waals surface area (Å²) in [5.41, 5.74) is 0.359. The van der Waals surface area contributed by atoms with Gasteiger partial charge in [0.15, 0.2) is 9.84 Å². The minimum absolute atomic E-state index is 0.152. The summed E-state index contributed by atoms with van der Waals surface area (Å²) in [6.07, 6.45) is 2.40. The van der Waals surface area contributed by atoms with Crippen molar-refractivity contribution in [3.8, 4) is 5.75 Å². The molecule has 0 spiro atoms. The second-order valence-corrected chi connectivity index (χ2v) is 10.2. The first-order valence-electron chi connectivity index (χ1n) is 10.3. The predicted octanol–water partition coefficient (Wildman–Crippen LogP) is 3.96. The minimum Gasteiger partial charge on any atom is -0.496 e. The number of likely N-dealkylation sites (tertiary alicyclic amines) is 1. The summed E-state index contributed by atoms with van der Waals surface area (Å²) in [5.74, 6) is -0.309. The summed E-state index contributed by atoms with van der Waals surface area (Å²) >= 11 is 11.8. The quantitative estimate of drug-likeness (QED) is 0.542. The number of nitrogens with one attached hydrogen (secondary N) is 1. The molecule has 1 saturated heterocycles. The Kier molecular flexibility index (Phi) is 8.40. The van der Waals surface area contributed by atoms with E-state index in [1.165, 1.54) is 37.5 Å². The monoisotopic (exact) mass is 510 g/mol. The average Bonchev–Trinajstić information content (AvgIpc) is 3.29. The summed E-state index contributed by atoms with van der Waals surface area (Å²) in [7, 11) is -2.08. The number of methoxy groups -OCH3 is 1. The van der Waals surface area contributed by atoms with Crippen LogP contribution in [0.25, 0.3) is 0 Å². The first-order valence-corrected chi connectivity index (χ1v) is 12.6. The largest absolute Gasteiger partial charge is 0.496 e. The van der Waals surface area contributed by atoms with Crippen LogP contribution in [0.3, 0.4) is 0 Å². The molecule has 1 aliphatic rings. The molecule has 2 aromatic rings. The van der Waals surface area contributed by atoms with Crippen LogP contribution in [0, 0.1) is 5.92 Å². The average molecular weight is 511 g/mol. The van der Waals surface area contributed by atoms with Gasteiger partial charge in [-0.05, 0) is 55.3 Å². The van der Waals surface area contributed by atoms with Gasteiger partial charge in [0.25, 0.3) is 5.91 Å². The predicted molar refractivity (Wildman–Crippen MR) is 127 cm³/mol. The van der Waals surface area contributed by atoms with Gasteiger partial charge in [0.2, 0.25) is 5.91 Å². The van der Waals surface area contributed by atoms with Gasteiger partial charge < -0.3 is 15.0 Å². The normalized spacial score (nSPS) is 16.2. The summed E-state index contributed by atoms with van der Waals surface area (Å²) < 4.78 is 29.8. The molecular formula is C23H24Cl2N2O5S. The van der Waals surface area contributed by atoms with Crippen molar-refractivity contribution in [2.75, 3.05) is 26.7 Å². The Morgan fingerprint density at radius 1 is 1.15 bits per heavy atom. The fourth-order valence-corrected chi connectivity index (χ4v) is 4.86. The van der Waals surface area contributed by atoms with Crippen LogP contribution in [0.4, 0.5) is 0 Å². The van der Waals surface area contributed by atoms with Crippen molar-refractivity contribution in [2.24, 2.45) is 5.92 Å². The van der Waals surface area contributed by atoms with Crippen LogP contribution in [-0.4, -0.2) is 51.9 Å². The van der Waals surface area contributed by atoms with Gasteiger partial charge in [0.05, 0.1) is 23.5 Å². The van der Waals surface area contributed by atoms with E-state index >= 15 is 0 Å². The zero-order chi connectivity index (χ0) is 24.0. The Morgan fingerprint density at radius 2 is 1.85 bits per heavy atom. The highest BCUT2D eigenvalue weighted by Crippen LogP contribution is 2.27. The molecule has 1 N–H and O–H groups in total. The van der Waals surface area contributed by atoms with Crippen LogP contribution >= 0.6 is 23.2 Å². The molecular weight excluding hydrogens is 487 g/mol. The highest BCUT2D eigenvalue weighted by molar-refractivity contribution is 7.94. The van der Waals surface area contributed by atoms with E-state index in [0.29, 0.717) is 47.3 Å². The van der Waals surface area contributed by atoms with Gasteiger partial charge in [-0.1, -0.05) is 29.3 Å². The molecule has 1 atom stereocenters. The maximum Gasteiger partial charge on any atom is 0.257 e. The summed E-state index contributed by atoms with van der Waals surface area (Å²) in [6.45, 7) is 1.03. The summed E-state index contributed by atoms with van der Waals surface area (Å²) in [6, 6.07) is 10.7. The molecule has 7 nitrogen and oxygen atoms in total. The lowest BCUT2D eigenvalue weighted by Crippen LogP contribution is -2.35. The first kappa shape index (κ1) is 25.1. The van der Waals surface area contributed by atoms with E-state index in [1.54, 1.807) is 23.1 Å². The van der Waals surface area contributed by atoms with Crippen molar-refractivity contribution < 1.29 is 22.7 Å². The lowest BCUT2D eigenvalue weighted by Gasteiger charge is -2.18. The number of nitrogens with zero attached hydrogens (tertiary/aromatic N) is 1. The first-order chi connectivity index (χ1) is 15.7. The van der Waals surface area contributed by atoms with Crippen molar-refractivity contribution in [3.63, 3.8) is 0 Å². The smallest absolute Gasteiger partial charge is 0.257 e. The number of benzene rings is 2. The lowest BCUT2D eigenvalue weighted by molar-refractivity contribution is -0.124. The molecule has 0 saturated carbocycles. The lowest BCUT2D eigenvalue weighted by atomic mass is 10.1. The molecule has 10 heteroatoms. The van der Waals surface area contributed by atoms with Gasteiger partial charge in [-0.3, -0.25) is 9.59 Å². The number of halogens is 2. The summed E-state index contributed by atoms with van der Waals surface area (Å²) in [4.78, 5) is 27.1. The van der Waals surface area contributed by atoms with E-state index in [-0.39, 0.29) is 29.2 Å². The van der Waals surface area contributed by atoms with Crippen LogP contribution in [0.2, 0.25) is 10.0 Å². The van der Waals surface area contributed by atoms with Crippen molar-refractivity contribution in [2.45, 2.75) is 17.7 Å². The van der Waals surface area contributed by atoms with E-state index in [1.807, 2.05) is 0 Å². The Hall–Kier alpha value is -2.55. The SMILES string of the molecule is COc1ccc(Cl)cc1C(=O)N1CCC(C(=O)NCC/C=C/S(=O)(=O)c2ccc(Cl)cc2)C1. The zero-order valence-electron chi connectivity index (χ0n) is 18.0. The van der Waals surface area contributed by atoms with E-state index in [0.717, 1.165) is 5.41 Å². The third-order valence-corrected chi connectivity index (χ3v) is 7.23. The standard InChI is InChI=1S/C23H24Cl2N2O5S/c1-32-21-9-6-18(25)14-20(21)23(29)27-12-10-16(15-27)22(28)26-11-2-3-13-33(30,31)19-7-4-17(24)5-8-19/h3-9,13-14,16H,2,10-12,15H2,1H3,(H,26,28)/b13-3+. The van der Waals surface area contributed by atoms with Gasteiger partial charge in [0.1, 0.15) is 5.75 Å². The number of hydrogen-bond donors (Lipinski definition) is 1. The Balaban J connectivity index is 1.48. The Bertz CT molecular complexity index is 1150. The number of hydrogen-bond acceptors (Lipinski definition) is 5. The maximum absolute atomic E-state index is 12.9. The second-order valence-electron chi connectivity index (χ2n) is 7.53. The third kappa shape index (κ3) is 6.50. The van der Waals surface area contributed by atoms with Crippen LogP contribution in [0.5, 0.6) is 5.75 Å². The number of carbonyl (C=O) groups is 2. The van der Waals surface area contributed by atoms with E-state index in [2.05, 4.69) is 5.32 Å². The molecule has 2 amide bonds. The van der Waals surface area contributed by atoms with Crippen LogP contribution in [0.1, 0.15) is 23.2 Å². The van der Waals surface area contributed by atoms with Crippen molar-refractivity contribution in [1.82, 2.24) is 10.2 Å².